The van der Waals surface area contributed by atoms with Crippen LogP contribution in [0.25, 0.3) is 0 Å². The molecule has 0 radical (unpaired) electrons. The summed E-state index contributed by atoms with van der Waals surface area (Å²) in [6.45, 7) is 1.88. The Labute approximate surface area is 121 Å². The highest BCUT2D eigenvalue weighted by Gasteiger charge is 2.55. The van der Waals surface area contributed by atoms with Gasteiger partial charge in [0, 0.05) is 19.3 Å². The lowest BCUT2D eigenvalue weighted by molar-refractivity contribution is 0.0609. The van der Waals surface area contributed by atoms with Crippen LogP contribution in [-0.2, 0) is 11.2 Å². The van der Waals surface area contributed by atoms with Crippen molar-refractivity contribution in [3.05, 3.63) is 35.4 Å². The predicted octanol–water partition coefficient (Wildman–Crippen LogP) is 3.11. The zero-order chi connectivity index (χ0) is 13.5. The average molecular weight is 271 g/mol. The number of benzene rings is 1. The minimum absolute atomic E-state index is 0.402. The van der Waals surface area contributed by atoms with Crippen molar-refractivity contribution in [1.82, 2.24) is 0 Å². The van der Waals surface area contributed by atoms with Gasteiger partial charge < -0.3 is 10.5 Å². The molecule has 1 saturated heterocycles. The van der Waals surface area contributed by atoms with Crippen LogP contribution in [-0.4, -0.2) is 19.3 Å². The van der Waals surface area contributed by atoms with E-state index >= 15 is 0 Å². The first-order chi connectivity index (χ1) is 9.84. The standard InChI is InChI=1S/C18H25NO/c19-16(11-12-7-9-20-10-8-12)18-15-6-5-13-3-1-2-4-14(13)17(15)18/h1-4,12,15-18H,5-11,19H2. The van der Waals surface area contributed by atoms with E-state index in [2.05, 4.69) is 24.3 Å². The molecule has 20 heavy (non-hydrogen) atoms. The molecule has 2 fully saturated rings. The predicted molar refractivity (Wildman–Crippen MR) is 80.6 cm³/mol. The van der Waals surface area contributed by atoms with Crippen molar-refractivity contribution in [3.63, 3.8) is 0 Å². The summed E-state index contributed by atoms with van der Waals surface area (Å²) in [5.74, 6) is 3.20. The zero-order valence-corrected chi connectivity index (χ0v) is 12.1. The Morgan fingerprint density at radius 2 is 1.95 bits per heavy atom. The van der Waals surface area contributed by atoms with Crippen molar-refractivity contribution >= 4 is 0 Å². The van der Waals surface area contributed by atoms with E-state index in [0.29, 0.717) is 6.04 Å². The Bertz CT molecular complexity index is 480. The van der Waals surface area contributed by atoms with Gasteiger partial charge in [0.05, 0.1) is 0 Å². The maximum absolute atomic E-state index is 6.59. The molecule has 0 aromatic heterocycles. The van der Waals surface area contributed by atoms with Gasteiger partial charge in [0.1, 0.15) is 0 Å². The van der Waals surface area contributed by atoms with Gasteiger partial charge in [-0.05, 0) is 66.9 Å². The van der Waals surface area contributed by atoms with E-state index < -0.39 is 0 Å². The molecule has 2 aliphatic carbocycles. The number of ether oxygens (including phenoxy) is 1. The Morgan fingerprint density at radius 3 is 2.80 bits per heavy atom. The Balaban J connectivity index is 1.44. The number of nitrogens with two attached hydrogens (primary N) is 1. The normalized spacial score (nSPS) is 34.1. The quantitative estimate of drug-likeness (QED) is 0.917. The Kier molecular flexibility index (Phi) is 3.31. The summed E-state index contributed by atoms with van der Waals surface area (Å²) in [6.07, 6.45) is 6.26. The van der Waals surface area contributed by atoms with Crippen LogP contribution in [0.2, 0.25) is 0 Å². The van der Waals surface area contributed by atoms with E-state index in [1.54, 1.807) is 11.1 Å². The van der Waals surface area contributed by atoms with Crippen molar-refractivity contribution in [2.45, 2.75) is 44.1 Å². The molecule has 4 atom stereocenters. The summed E-state index contributed by atoms with van der Waals surface area (Å²) >= 11 is 0. The molecule has 108 valence electrons. The molecule has 2 nitrogen and oxygen atoms in total. The van der Waals surface area contributed by atoms with E-state index in [1.807, 2.05) is 0 Å². The molecule has 2 N–H and O–H groups in total. The molecular weight excluding hydrogens is 246 g/mol. The second kappa shape index (κ2) is 5.16. The first kappa shape index (κ1) is 12.8. The molecule has 4 rings (SSSR count). The van der Waals surface area contributed by atoms with Crippen LogP contribution in [0.5, 0.6) is 0 Å². The molecule has 1 heterocycles. The van der Waals surface area contributed by atoms with E-state index in [-0.39, 0.29) is 0 Å². The SMILES string of the molecule is NC(CC1CCOCC1)C1C2CCc3ccccc3C21. The second-order valence-electron chi connectivity index (χ2n) is 6.96. The van der Waals surface area contributed by atoms with Gasteiger partial charge in [0.25, 0.3) is 0 Å². The molecule has 4 unspecified atom stereocenters. The van der Waals surface area contributed by atoms with Crippen LogP contribution < -0.4 is 5.73 Å². The topological polar surface area (TPSA) is 35.2 Å². The van der Waals surface area contributed by atoms with Crippen molar-refractivity contribution in [3.8, 4) is 0 Å². The maximum atomic E-state index is 6.59. The fourth-order valence-electron chi connectivity index (χ4n) is 4.73. The summed E-state index contributed by atoms with van der Waals surface area (Å²) in [6, 6.07) is 9.43. The summed E-state index contributed by atoms with van der Waals surface area (Å²) < 4.78 is 5.46. The molecule has 0 bridgehead atoms. The van der Waals surface area contributed by atoms with Crippen LogP contribution in [0.4, 0.5) is 0 Å². The number of hydrogen-bond donors (Lipinski definition) is 1. The van der Waals surface area contributed by atoms with Gasteiger partial charge in [-0.3, -0.25) is 0 Å². The maximum Gasteiger partial charge on any atom is 0.0468 e. The lowest BCUT2D eigenvalue weighted by atomic mass is 9.90. The highest BCUT2D eigenvalue weighted by molar-refractivity contribution is 5.40. The van der Waals surface area contributed by atoms with Gasteiger partial charge in [0.2, 0.25) is 0 Å². The molecule has 0 spiro atoms. The Morgan fingerprint density at radius 1 is 1.15 bits per heavy atom. The third-order valence-electron chi connectivity index (χ3n) is 5.83. The number of rotatable bonds is 3. The zero-order valence-electron chi connectivity index (χ0n) is 12.1. The van der Waals surface area contributed by atoms with Gasteiger partial charge in [-0.25, -0.2) is 0 Å². The van der Waals surface area contributed by atoms with Crippen LogP contribution in [0, 0.1) is 17.8 Å². The van der Waals surface area contributed by atoms with Crippen LogP contribution in [0.15, 0.2) is 24.3 Å². The largest absolute Gasteiger partial charge is 0.381 e. The van der Waals surface area contributed by atoms with Crippen molar-refractivity contribution in [2.24, 2.45) is 23.5 Å². The fraction of sp³-hybridized carbons (Fsp3) is 0.667. The molecule has 1 aromatic rings. The first-order valence-electron chi connectivity index (χ1n) is 8.25. The van der Waals surface area contributed by atoms with Crippen LogP contribution >= 0.6 is 0 Å². The second-order valence-corrected chi connectivity index (χ2v) is 6.96. The van der Waals surface area contributed by atoms with Gasteiger partial charge >= 0.3 is 0 Å². The third kappa shape index (κ3) is 2.19. The van der Waals surface area contributed by atoms with Gasteiger partial charge in [-0.1, -0.05) is 24.3 Å². The number of fused-ring (bicyclic) bond motifs is 3. The van der Waals surface area contributed by atoms with Gasteiger partial charge in [0.15, 0.2) is 0 Å². The first-order valence-corrected chi connectivity index (χ1v) is 8.25. The van der Waals surface area contributed by atoms with Crippen molar-refractivity contribution < 1.29 is 4.74 Å². The molecular formula is C18H25NO. The van der Waals surface area contributed by atoms with E-state index in [4.69, 9.17) is 10.5 Å². The molecule has 1 aromatic carbocycles. The van der Waals surface area contributed by atoms with E-state index in [0.717, 1.165) is 36.9 Å². The smallest absolute Gasteiger partial charge is 0.0468 e. The van der Waals surface area contributed by atoms with Crippen molar-refractivity contribution in [2.75, 3.05) is 13.2 Å². The summed E-state index contributed by atoms with van der Waals surface area (Å²) in [7, 11) is 0. The molecule has 1 aliphatic heterocycles. The minimum Gasteiger partial charge on any atom is -0.381 e. The fourth-order valence-corrected chi connectivity index (χ4v) is 4.73. The summed E-state index contributed by atoms with van der Waals surface area (Å²) in [5.41, 5.74) is 9.77. The average Bonchev–Trinajstić information content (AvgIpc) is 3.23. The van der Waals surface area contributed by atoms with Gasteiger partial charge in [-0.15, -0.1) is 0 Å². The summed E-state index contributed by atoms with van der Waals surface area (Å²) in [5, 5.41) is 0. The lowest BCUT2D eigenvalue weighted by Gasteiger charge is -2.25. The number of hydrogen-bond acceptors (Lipinski definition) is 2. The van der Waals surface area contributed by atoms with E-state index in [9.17, 15) is 0 Å². The highest BCUT2D eigenvalue weighted by Crippen LogP contribution is 2.61. The van der Waals surface area contributed by atoms with Crippen LogP contribution in [0.3, 0.4) is 0 Å². The van der Waals surface area contributed by atoms with E-state index in [1.165, 1.54) is 32.1 Å². The Hall–Kier alpha value is -0.860. The minimum atomic E-state index is 0.402. The van der Waals surface area contributed by atoms with Crippen molar-refractivity contribution in [1.29, 1.82) is 0 Å². The monoisotopic (exact) mass is 271 g/mol. The number of aryl methyl sites for hydroxylation is 1. The van der Waals surface area contributed by atoms with Crippen LogP contribution in [0.1, 0.15) is 42.7 Å². The van der Waals surface area contributed by atoms with Gasteiger partial charge in [-0.2, -0.15) is 0 Å². The molecule has 2 heteroatoms. The lowest BCUT2D eigenvalue weighted by Crippen LogP contribution is -2.29. The molecule has 3 aliphatic rings. The third-order valence-corrected chi connectivity index (χ3v) is 5.83. The summed E-state index contributed by atoms with van der Waals surface area (Å²) in [4.78, 5) is 0. The molecule has 0 amide bonds. The molecule has 1 saturated carbocycles. The highest BCUT2D eigenvalue weighted by atomic mass is 16.5.